The van der Waals surface area contributed by atoms with Crippen molar-refractivity contribution in [1.29, 1.82) is 0 Å². The summed E-state index contributed by atoms with van der Waals surface area (Å²) in [6, 6.07) is 7.95. The quantitative estimate of drug-likeness (QED) is 0.860. The van der Waals surface area contributed by atoms with E-state index in [-0.39, 0.29) is 5.91 Å². The van der Waals surface area contributed by atoms with Crippen molar-refractivity contribution in [3.8, 4) is 10.6 Å². The second kappa shape index (κ2) is 7.90. The number of carbonyl (C=O) groups is 1. The van der Waals surface area contributed by atoms with Gasteiger partial charge in [0.15, 0.2) is 0 Å². The first kappa shape index (κ1) is 17.1. The number of amides is 1. The fourth-order valence-electron chi connectivity index (χ4n) is 3.27. The molecule has 4 nitrogen and oxygen atoms in total. The number of carbonyl (C=O) groups excluding carboxylic acids is 1. The average Bonchev–Trinajstić information content (AvgIpc) is 3.02. The van der Waals surface area contributed by atoms with Crippen molar-refractivity contribution in [3.63, 3.8) is 0 Å². The highest BCUT2D eigenvalue weighted by Crippen LogP contribution is 2.26. The summed E-state index contributed by atoms with van der Waals surface area (Å²) in [6.07, 6.45) is 2.95. The van der Waals surface area contributed by atoms with Gasteiger partial charge in [-0.3, -0.25) is 4.79 Å². The molecule has 0 saturated carbocycles. The lowest BCUT2D eigenvalue weighted by Gasteiger charge is -2.27. The maximum Gasteiger partial charge on any atom is 0.224 e. The van der Waals surface area contributed by atoms with Crippen molar-refractivity contribution >= 4 is 22.9 Å². The third kappa shape index (κ3) is 4.42. The van der Waals surface area contributed by atoms with Crippen LogP contribution >= 0.6 is 11.3 Å². The summed E-state index contributed by atoms with van der Waals surface area (Å²) in [5.41, 5.74) is 2.99. The van der Waals surface area contributed by atoms with Gasteiger partial charge in [-0.2, -0.15) is 0 Å². The molecule has 2 aromatic rings. The SMILES string of the molecule is Cc1csc(-c2ccc(NC(=O)CC(C)C3CCNCC3)cc2)n1. The van der Waals surface area contributed by atoms with Crippen LogP contribution in [0.25, 0.3) is 10.6 Å². The normalized spacial score (nSPS) is 16.8. The highest BCUT2D eigenvalue weighted by atomic mass is 32.1. The summed E-state index contributed by atoms with van der Waals surface area (Å²) < 4.78 is 0. The number of anilines is 1. The Kier molecular flexibility index (Phi) is 5.63. The van der Waals surface area contributed by atoms with E-state index in [2.05, 4.69) is 22.5 Å². The zero-order valence-corrected chi connectivity index (χ0v) is 15.2. The maximum absolute atomic E-state index is 12.3. The van der Waals surface area contributed by atoms with E-state index in [0.29, 0.717) is 18.3 Å². The molecule has 1 unspecified atom stereocenters. The molecule has 2 N–H and O–H groups in total. The van der Waals surface area contributed by atoms with E-state index in [0.717, 1.165) is 35.0 Å². The molecule has 1 saturated heterocycles. The Labute approximate surface area is 147 Å². The molecule has 1 amide bonds. The molecule has 0 aliphatic carbocycles. The highest BCUT2D eigenvalue weighted by molar-refractivity contribution is 7.13. The zero-order chi connectivity index (χ0) is 16.9. The van der Waals surface area contributed by atoms with Crippen molar-refractivity contribution in [2.45, 2.75) is 33.1 Å². The number of nitrogens with zero attached hydrogens (tertiary/aromatic N) is 1. The molecule has 5 heteroatoms. The van der Waals surface area contributed by atoms with Crippen LogP contribution in [0.5, 0.6) is 0 Å². The minimum atomic E-state index is 0.110. The first-order valence-electron chi connectivity index (χ1n) is 8.65. The standard InChI is InChI=1S/C19H25N3OS/c1-13(15-7-9-20-10-8-15)11-18(23)22-17-5-3-16(4-6-17)19-21-14(2)12-24-19/h3-6,12-13,15,20H,7-11H2,1-2H3,(H,22,23). The Bertz CT molecular complexity index is 674. The molecule has 128 valence electrons. The van der Waals surface area contributed by atoms with Gasteiger partial charge in [-0.15, -0.1) is 11.3 Å². The van der Waals surface area contributed by atoms with Crippen LogP contribution in [0.4, 0.5) is 5.69 Å². The molecule has 1 fully saturated rings. The molecule has 1 aliphatic rings. The molecular formula is C19H25N3OS. The molecule has 1 aliphatic heterocycles. The van der Waals surface area contributed by atoms with Crippen LogP contribution < -0.4 is 10.6 Å². The van der Waals surface area contributed by atoms with E-state index in [1.54, 1.807) is 11.3 Å². The second-order valence-corrected chi connectivity index (χ2v) is 7.55. The number of benzene rings is 1. The lowest BCUT2D eigenvalue weighted by molar-refractivity contribution is -0.117. The van der Waals surface area contributed by atoms with Crippen LogP contribution in [0, 0.1) is 18.8 Å². The van der Waals surface area contributed by atoms with Gasteiger partial charge in [-0.05, 0) is 69.0 Å². The Morgan fingerprint density at radius 1 is 1.33 bits per heavy atom. The molecule has 0 spiro atoms. The Hall–Kier alpha value is -1.72. The van der Waals surface area contributed by atoms with Crippen LogP contribution in [0.2, 0.25) is 0 Å². The monoisotopic (exact) mass is 343 g/mol. The van der Waals surface area contributed by atoms with Gasteiger partial charge in [0.25, 0.3) is 0 Å². The largest absolute Gasteiger partial charge is 0.326 e. The number of piperidine rings is 1. The number of hydrogen-bond acceptors (Lipinski definition) is 4. The molecule has 24 heavy (non-hydrogen) atoms. The van der Waals surface area contributed by atoms with E-state index in [1.807, 2.05) is 36.6 Å². The van der Waals surface area contributed by atoms with Gasteiger partial charge in [0.1, 0.15) is 5.01 Å². The van der Waals surface area contributed by atoms with E-state index < -0.39 is 0 Å². The molecule has 1 aromatic heterocycles. The predicted octanol–water partition coefficient (Wildman–Crippen LogP) is 4.08. The maximum atomic E-state index is 12.3. The predicted molar refractivity (Wildman–Crippen MR) is 100 cm³/mol. The van der Waals surface area contributed by atoms with Gasteiger partial charge in [0.05, 0.1) is 0 Å². The summed E-state index contributed by atoms with van der Waals surface area (Å²) in [4.78, 5) is 16.8. The molecule has 0 bridgehead atoms. The van der Waals surface area contributed by atoms with Gasteiger partial charge in [0, 0.05) is 28.7 Å². The summed E-state index contributed by atoms with van der Waals surface area (Å²) in [7, 11) is 0. The molecule has 3 rings (SSSR count). The van der Waals surface area contributed by atoms with Crippen molar-refractivity contribution in [2.75, 3.05) is 18.4 Å². The number of rotatable bonds is 5. The second-order valence-electron chi connectivity index (χ2n) is 6.69. The number of hydrogen-bond donors (Lipinski definition) is 2. The topological polar surface area (TPSA) is 54.0 Å². The van der Waals surface area contributed by atoms with Gasteiger partial charge < -0.3 is 10.6 Å². The fraction of sp³-hybridized carbons (Fsp3) is 0.474. The lowest BCUT2D eigenvalue weighted by atomic mass is 9.84. The minimum Gasteiger partial charge on any atom is -0.326 e. The van der Waals surface area contributed by atoms with Crippen LogP contribution in [-0.4, -0.2) is 24.0 Å². The Morgan fingerprint density at radius 2 is 2.04 bits per heavy atom. The van der Waals surface area contributed by atoms with Gasteiger partial charge in [-0.1, -0.05) is 6.92 Å². The van der Waals surface area contributed by atoms with E-state index in [4.69, 9.17) is 0 Å². The molecule has 2 heterocycles. The Balaban J connectivity index is 1.54. The first-order valence-corrected chi connectivity index (χ1v) is 9.53. The molecule has 1 aromatic carbocycles. The average molecular weight is 343 g/mol. The smallest absolute Gasteiger partial charge is 0.224 e. The zero-order valence-electron chi connectivity index (χ0n) is 14.3. The van der Waals surface area contributed by atoms with Crippen molar-refractivity contribution < 1.29 is 4.79 Å². The molecule has 0 radical (unpaired) electrons. The van der Waals surface area contributed by atoms with E-state index in [9.17, 15) is 4.79 Å². The first-order chi connectivity index (χ1) is 11.6. The lowest BCUT2D eigenvalue weighted by Crippen LogP contribution is -2.32. The number of aryl methyl sites for hydroxylation is 1. The summed E-state index contributed by atoms with van der Waals surface area (Å²) >= 11 is 1.64. The van der Waals surface area contributed by atoms with E-state index >= 15 is 0 Å². The van der Waals surface area contributed by atoms with Crippen LogP contribution in [0.1, 0.15) is 31.9 Å². The van der Waals surface area contributed by atoms with Crippen LogP contribution in [-0.2, 0) is 4.79 Å². The highest BCUT2D eigenvalue weighted by Gasteiger charge is 2.22. The van der Waals surface area contributed by atoms with Crippen molar-refractivity contribution in [3.05, 3.63) is 35.3 Å². The summed E-state index contributed by atoms with van der Waals surface area (Å²) in [5.74, 6) is 1.20. The third-order valence-corrected chi connectivity index (χ3v) is 5.74. The number of nitrogens with one attached hydrogen (secondary N) is 2. The minimum absolute atomic E-state index is 0.110. The van der Waals surface area contributed by atoms with Crippen molar-refractivity contribution in [2.24, 2.45) is 11.8 Å². The van der Waals surface area contributed by atoms with Gasteiger partial charge in [0.2, 0.25) is 5.91 Å². The molecule has 1 atom stereocenters. The van der Waals surface area contributed by atoms with Gasteiger partial charge >= 0.3 is 0 Å². The summed E-state index contributed by atoms with van der Waals surface area (Å²) in [6.45, 7) is 6.35. The Morgan fingerprint density at radius 3 is 2.67 bits per heavy atom. The van der Waals surface area contributed by atoms with Crippen LogP contribution in [0.3, 0.4) is 0 Å². The third-order valence-electron chi connectivity index (χ3n) is 4.73. The van der Waals surface area contributed by atoms with Crippen LogP contribution in [0.15, 0.2) is 29.6 Å². The summed E-state index contributed by atoms with van der Waals surface area (Å²) in [5, 5.41) is 9.47. The van der Waals surface area contributed by atoms with Crippen molar-refractivity contribution in [1.82, 2.24) is 10.3 Å². The molecular weight excluding hydrogens is 318 g/mol. The fourth-order valence-corrected chi connectivity index (χ4v) is 4.07. The number of aromatic nitrogens is 1. The van der Waals surface area contributed by atoms with E-state index in [1.165, 1.54) is 12.8 Å². The van der Waals surface area contributed by atoms with Gasteiger partial charge in [-0.25, -0.2) is 4.98 Å². The number of thiazole rings is 1.